The molecule has 9 nitrogen and oxygen atoms in total. The van der Waals surface area contributed by atoms with Crippen LogP contribution in [-0.2, 0) is 4.74 Å². The molecule has 2 saturated heterocycles. The topological polar surface area (TPSA) is 99.7 Å². The van der Waals surface area contributed by atoms with E-state index in [-0.39, 0.29) is 35.6 Å². The Kier molecular flexibility index (Phi) is 6.58. The number of aromatic nitrogens is 2. The van der Waals surface area contributed by atoms with Crippen LogP contribution in [0.4, 0.5) is 26.6 Å². The monoisotopic (exact) mass is 470 g/mol. The first-order valence-corrected chi connectivity index (χ1v) is 11.5. The van der Waals surface area contributed by atoms with Crippen LogP contribution in [0.3, 0.4) is 0 Å². The molecule has 0 saturated carbocycles. The quantitative estimate of drug-likeness (QED) is 0.691. The third-order valence-corrected chi connectivity index (χ3v) is 5.90. The van der Waals surface area contributed by atoms with Gasteiger partial charge in [-0.1, -0.05) is 0 Å². The second kappa shape index (κ2) is 9.44. The maximum absolute atomic E-state index is 14.6. The van der Waals surface area contributed by atoms with E-state index in [4.69, 9.17) is 4.74 Å². The molecule has 0 unspecified atom stereocenters. The van der Waals surface area contributed by atoms with E-state index in [1.807, 2.05) is 32.6 Å². The number of hydrogen-bond donors (Lipinski definition) is 2. The van der Waals surface area contributed by atoms with E-state index in [0.717, 1.165) is 6.20 Å². The molecule has 0 aliphatic carbocycles. The van der Waals surface area contributed by atoms with Crippen LogP contribution >= 0.6 is 0 Å². The summed E-state index contributed by atoms with van der Waals surface area (Å²) in [4.78, 5) is 36.4. The summed E-state index contributed by atoms with van der Waals surface area (Å²) in [6.45, 7) is 10.4. The zero-order chi connectivity index (χ0) is 24.5. The van der Waals surface area contributed by atoms with Crippen molar-refractivity contribution in [2.75, 3.05) is 42.9 Å². The predicted molar refractivity (Wildman–Crippen MR) is 127 cm³/mol. The Balaban J connectivity index is 1.39. The van der Waals surface area contributed by atoms with Crippen LogP contribution in [0.15, 0.2) is 30.5 Å². The molecule has 2 N–H and O–H groups in total. The summed E-state index contributed by atoms with van der Waals surface area (Å²) in [6.07, 6.45) is 0.862. The van der Waals surface area contributed by atoms with E-state index in [2.05, 4.69) is 20.6 Å². The van der Waals surface area contributed by atoms with Crippen molar-refractivity contribution >= 4 is 29.5 Å². The third-order valence-electron chi connectivity index (χ3n) is 5.90. The fourth-order valence-corrected chi connectivity index (χ4v) is 4.38. The van der Waals surface area contributed by atoms with Crippen molar-refractivity contribution in [2.45, 2.75) is 33.3 Å². The number of anilines is 3. The van der Waals surface area contributed by atoms with Crippen LogP contribution in [0.1, 0.15) is 38.1 Å². The lowest BCUT2D eigenvalue weighted by Gasteiger charge is -2.26. The maximum atomic E-state index is 14.6. The summed E-state index contributed by atoms with van der Waals surface area (Å²) in [5.41, 5.74) is 0.713. The molecule has 2 atom stereocenters. The molecule has 4 rings (SSSR count). The van der Waals surface area contributed by atoms with Crippen LogP contribution in [0.5, 0.6) is 0 Å². The first-order chi connectivity index (χ1) is 16.1. The third kappa shape index (κ3) is 5.37. The van der Waals surface area contributed by atoms with Crippen molar-refractivity contribution in [2.24, 2.45) is 11.8 Å². The van der Waals surface area contributed by atoms with Gasteiger partial charge in [-0.3, -0.25) is 4.79 Å². The van der Waals surface area contributed by atoms with Gasteiger partial charge in [-0.15, -0.1) is 0 Å². The molecule has 0 radical (unpaired) electrons. The summed E-state index contributed by atoms with van der Waals surface area (Å²) in [7, 11) is 0. The lowest BCUT2D eigenvalue weighted by molar-refractivity contribution is 0.0282. The van der Waals surface area contributed by atoms with Crippen LogP contribution < -0.4 is 15.5 Å². The Morgan fingerprint density at radius 2 is 1.76 bits per heavy atom. The number of hydrogen-bond acceptors (Lipinski definition) is 7. The maximum Gasteiger partial charge on any atom is 0.410 e. The lowest BCUT2D eigenvalue weighted by Crippen LogP contribution is -2.37. The standard InChI is InChI=1S/C24H31FN6O3/c1-5-26-21(32)15-6-8-18(9-7-15)28-22-27-10-19(25)20(29-22)30-11-16-13-31(14-17(16)12-30)23(33)34-24(2,3)4/h6-10,16-17H,5,11-14H2,1-4H3,(H,26,32)(H,27,28,29)/t16-,17+. The van der Waals surface area contributed by atoms with Crippen LogP contribution in [0, 0.1) is 17.7 Å². The van der Waals surface area contributed by atoms with Crippen molar-refractivity contribution < 1.29 is 18.7 Å². The summed E-state index contributed by atoms with van der Waals surface area (Å²) in [5.74, 6) is 0.366. The molecule has 2 aliphatic heterocycles. The van der Waals surface area contributed by atoms with Gasteiger partial charge in [-0.2, -0.15) is 4.98 Å². The van der Waals surface area contributed by atoms with E-state index in [9.17, 15) is 14.0 Å². The molecular formula is C24H31FN6O3. The lowest BCUT2D eigenvalue weighted by atomic mass is 10.0. The Bertz CT molecular complexity index is 1040. The highest BCUT2D eigenvalue weighted by atomic mass is 19.1. The van der Waals surface area contributed by atoms with Crippen molar-refractivity contribution in [3.8, 4) is 0 Å². The van der Waals surface area contributed by atoms with Gasteiger partial charge in [-0.05, 0) is 52.0 Å². The average Bonchev–Trinajstić information content (AvgIpc) is 3.34. The van der Waals surface area contributed by atoms with Gasteiger partial charge >= 0.3 is 6.09 Å². The summed E-state index contributed by atoms with van der Waals surface area (Å²) >= 11 is 0. The highest BCUT2D eigenvalue weighted by Crippen LogP contribution is 2.35. The van der Waals surface area contributed by atoms with E-state index >= 15 is 0 Å². The number of carbonyl (C=O) groups is 2. The van der Waals surface area contributed by atoms with Crippen molar-refractivity contribution in [1.29, 1.82) is 0 Å². The van der Waals surface area contributed by atoms with Crippen LogP contribution in [-0.4, -0.2) is 65.2 Å². The highest BCUT2D eigenvalue weighted by molar-refractivity contribution is 5.94. The second-order valence-corrected chi connectivity index (χ2v) is 9.74. The van der Waals surface area contributed by atoms with Gasteiger partial charge in [-0.25, -0.2) is 14.2 Å². The number of rotatable bonds is 5. The summed E-state index contributed by atoms with van der Waals surface area (Å²) in [5, 5.41) is 5.82. The van der Waals surface area contributed by atoms with Crippen molar-refractivity contribution in [3.05, 3.63) is 41.8 Å². The van der Waals surface area contributed by atoms with Gasteiger partial charge in [0.2, 0.25) is 5.95 Å². The molecule has 0 spiro atoms. The van der Waals surface area contributed by atoms with Gasteiger partial charge in [0.15, 0.2) is 11.6 Å². The molecule has 182 valence electrons. The highest BCUT2D eigenvalue weighted by Gasteiger charge is 2.43. The minimum absolute atomic E-state index is 0.140. The first kappa shape index (κ1) is 23.7. The molecule has 2 fully saturated rings. The van der Waals surface area contributed by atoms with E-state index < -0.39 is 11.4 Å². The molecule has 2 amide bonds. The van der Waals surface area contributed by atoms with Crippen molar-refractivity contribution in [1.82, 2.24) is 20.2 Å². The number of likely N-dealkylation sites (tertiary alicyclic amines) is 1. The number of nitrogens with zero attached hydrogens (tertiary/aromatic N) is 4. The van der Waals surface area contributed by atoms with Crippen LogP contribution in [0.25, 0.3) is 0 Å². The summed E-state index contributed by atoms with van der Waals surface area (Å²) < 4.78 is 20.1. The van der Waals surface area contributed by atoms with E-state index in [1.165, 1.54) is 0 Å². The Hall–Kier alpha value is -3.43. The molecule has 3 heterocycles. The zero-order valence-corrected chi connectivity index (χ0v) is 20.0. The number of benzene rings is 1. The van der Waals surface area contributed by atoms with Gasteiger partial charge < -0.3 is 25.2 Å². The molecule has 10 heteroatoms. The minimum atomic E-state index is -0.531. The van der Waals surface area contributed by atoms with E-state index in [0.29, 0.717) is 44.0 Å². The van der Waals surface area contributed by atoms with Gasteiger partial charge in [0.05, 0.1) is 6.20 Å². The number of nitrogens with one attached hydrogen (secondary N) is 2. The Labute approximate surface area is 198 Å². The molecular weight excluding hydrogens is 439 g/mol. The summed E-state index contributed by atoms with van der Waals surface area (Å²) in [6, 6.07) is 6.91. The number of amides is 2. The fourth-order valence-electron chi connectivity index (χ4n) is 4.38. The molecule has 2 aliphatic rings. The normalized spacial score (nSPS) is 19.7. The minimum Gasteiger partial charge on any atom is -0.444 e. The molecule has 2 aromatic rings. The van der Waals surface area contributed by atoms with Crippen LogP contribution in [0.2, 0.25) is 0 Å². The number of halogens is 1. The molecule has 34 heavy (non-hydrogen) atoms. The number of ether oxygens (including phenoxy) is 1. The molecule has 1 aromatic carbocycles. The SMILES string of the molecule is CCNC(=O)c1ccc(Nc2ncc(F)c(N3C[C@H]4CN(C(=O)OC(C)(C)C)C[C@H]4C3)n2)cc1. The Morgan fingerprint density at radius 3 is 2.35 bits per heavy atom. The van der Waals surface area contributed by atoms with Crippen molar-refractivity contribution in [3.63, 3.8) is 0 Å². The fraction of sp³-hybridized carbons (Fsp3) is 0.500. The number of carbonyl (C=O) groups excluding carboxylic acids is 2. The van der Waals surface area contributed by atoms with Gasteiger partial charge in [0.1, 0.15) is 5.60 Å². The molecule has 0 bridgehead atoms. The smallest absolute Gasteiger partial charge is 0.410 e. The predicted octanol–water partition coefficient (Wildman–Crippen LogP) is 3.41. The molecule has 1 aromatic heterocycles. The largest absolute Gasteiger partial charge is 0.444 e. The second-order valence-electron chi connectivity index (χ2n) is 9.74. The first-order valence-electron chi connectivity index (χ1n) is 11.5. The Morgan fingerprint density at radius 1 is 1.12 bits per heavy atom. The average molecular weight is 471 g/mol. The van der Waals surface area contributed by atoms with E-state index in [1.54, 1.807) is 29.2 Å². The zero-order valence-electron chi connectivity index (χ0n) is 20.0. The number of fused-ring (bicyclic) bond motifs is 1. The van der Waals surface area contributed by atoms with Gasteiger partial charge in [0, 0.05) is 55.8 Å². The van der Waals surface area contributed by atoms with Gasteiger partial charge in [0.25, 0.3) is 5.91 Å².